The molecule has 6 unspecified atom stereocenters. The summed E-state index contributed by atoms with van der Waals surface area (Å²) in [6, 6.07) is 1.26. The topological polar surface area (TPSA) is 217 Å². The quantitative estimate of drug-likeness (QED) is 0.129. The Morgan fingerprint density at radius 2 is 1.51 bits per heavy atom. The van der Waals surface area contributed by atoms with Crippen molar-refractivity contribution in [3.63, 3.8) is 0 Å². The van der Waals surface area contributed by atoms with Crippen molar-refractivity contribution < 1.29 is 34.5 Å². The second-order valence-electron chi connectivity index (χ2n) is 9.26. The van der Waals surface area contributed by atoms with E-state index in [0.717, 1.165) is 0 Å². The number of aliphatic hydroxyl groups is 1. The van der Waals surface area contributed by atoms with E-state index in [9.17, 15) is 34.5 Å². The van der Waals surface area contributed by atoms with Crippen molar-refractivity contribution >= 4 is 23.7 Å². The molecule has 37 heavy (non-hydrogen) atoms. The van der Waals surface area contributed by atoms with Crippen molar-refractivity contribution in [1.29, 1.82) is 0 Å². The molecule has 0 saturated heterocycles. The van der Waals surface area contributed by atoms with E-state index in [1.54, 1.807) is 26.0 Å². The van der Waals surface area contributed by atoms with Crippen LogP contribution in [-0.4, -0.2) is 75.8 Å². The molecule has 1 rings (SSSR count). The van der Waals surface area contributed by atoms with E-state index in [2.05, 4.69) is 16.0 Å². The molecule has 0 fully saturated rings. The van der Waals surface area contributed by atoms with Crippen LogP contribution >= 0.6 is 0 Å². The van der Waals surface area contributed by atoms with Gasteiger partial charge in [0.15, 0.2) is 0 Å². The maximum atomic E-state index is 13.2. The first-order valence-electron chi connectivity index (χ1n) is 12.5. The Hall–Kier alpha value is -3.22. The average Bonchev–Trinajstić information content (AvgIpc) is 2.85. The summed E-state index contributed by atoms with van der Waals surface area (Å²) < 4.78 is 0. The van der Waals surface area contributed by atoms with Gasteiger partial charge >= 0.3 is 5.97 Å². The zero-order valence-corrected chi connectivity index (χ0v) is 21.6. The molecule has 3 amide bonds. The number of phenolic OH excluding ortho intramolecular Hbond substituents is 1. The molecule has 12 nitrogen and oxygen atoms in total. The molecule has 12 heteroatoms. The predicted octanol–water partition coefficient (Wildman–Crippen LogP) is -0.643. The van der Waals surface area contributed by atoms with Gasteiger partial charge in [-0.25, -0.2) is 4.79 Å². The lowest BCUT2D eigenvalue weighted by Crippen LogP contribution is -2.60. The zero-order chi connectivity index (χ0) is 28.1. The van der Waals surface area contributed by atoms with Crippen LogP contribution in [0.5, 0.6) is 5.75 Å². The lowest BCUT2D eigenvalue weighted by Gasteiger charge is -2.28. The van der Waals surface area contributed by atoms with E-state index in [-0.39, 0.29) is 12.2 Å². The molecule has 6 atom stereocenters. The fraction of sp³-hybridized carbons (Fsp3) is 0.600. The summed E-state index contributed by atoms with van der Waals surface area (Å²) in [5.74, 6) is -3.82. The third kappa shape index (κ3) is 10.7. The van der Waals surface area contributed by atoms with Gasteiger partial charge in [0.2, 0.25) is 17.7 Å². The van der Waals surface area contributed by atoms with E-state index in [0.29, 0.717) is 37.8 Å². The summed E-state index contributed by atoms with van der Waals surface area (Å²) >= 11 is 0. The molecule has 0 bridgehead atoms. The fourth-order valence-corrected chi connectivity index (χ4v) is 3.58. The van der Waals surface area contributed by atoms with E-state index in [1.165, 1.54) is 19.1 Å². The largest absolute Gasteiger partial charge is 0.508 e. The number of aromatic hydroxyl groups is 1. The van der Waals surface area contributed by atoms with Crippen molar-refractivity contribution in [2.24, 2.45) is 17.4 Å². The fourth-order valence-electron chi connectivity index (χ4n) is 3.58. The number of carboxylic acids is 1. The van der Waals surface area contributed by atoms with Crippen LogP contribution in [0.1, 0.15) is 52.0 Å². The van der Waals surface area contributed by atoms with Gasteiger partial charge in [-0.3, -0.25) is 14.4 Å². The molecule has 1 aromatic rings. The number of aliphatic carboxylic acids is 1. The molecular weight excluding hydrogens is 482 g/mol. The van der Waals surface area contributed by atoms with Gasteiger partial charge < -0.3 is 42.7 Å². The maximum absolute atomic E-state index is 13.2. The number of rotatable bonds is 16. The summed E-state index contributed by atoms with van der Waals surface area (Å²) in [7, 11) is 0. The van der Waals surface area contributed by atoms with Gasteiger partial charge in [0, 0.05) is 6.42 Å². The molecule has 208 valence electrons. The summed E-state index contributed by atoms with van der Waals surface area (Å²) in [5.41, 5.74) is 12.0. The molecule has 0 aromatic heterocycles. The van der Waals surface area contributed by atoms with Crippen LogP contribution in [0.2, 0.25) is 0 Å². The van der Waals surface area contributed by atoms with Gasteiger partial charge in [0.1, 0.15) is 23.9 Å². The van der Waals surface area contributed by atoms with E-state index < -0.39 is 59.9 Å². The van der Waals surface area contributed by atoms with Gasteiger partial charge in [0.05, 0.1) is 12.1 Å². The highest BCUT2D eigenvalue weighted by atomic mass is 16.4. The molecular formula is C25H41N5O7. The third-order valence-electron chi connectivity index (χ3n) is 6.15. The van der Waals surface area contributed by atoms with Gasteiger partial charge in [-0.1, -0.05) is 38.8 Å². The molecule has 0 aliphatic heterocycles. The van der Waals surface area contributed by atoms with Crippen molar-refractivity contribution in [1.82, 2.24) is 16.0 Å². The van der Waals surface area contributed by atoms with Crippen molar-refractivity contribution in [3.8, 4) is 5.75 Å². The number of carbonyl (C=O) groups is 4. The number of nitrogens with one attached hydrogen (secondary N) is 3. The predicted molar refractivity (Wildman–Crippen MR) is 137 cm³/mol. The molecule has 0 saturated carbocycles. The highest BCUT2D eigenvalue weighted by molar-refractivity contribution is 5.94. The number of nitrogens with two attached hydrogens (primary N) is 2. The number of carbonyl (C=O) groups excluding carboxylic acids is 3. The zero-order valence-electron chi connectivity index (χ0n) is 21.6. The second-order valence-corrected chi connectivity index (χ2v) is 9.26. The van der Waals surface area contributed by atoms with Gasteiger partial charge in [-0.15, -0.1) is 0 Å². The normalized spacial score (nSPS) is 15.9. The molecule has 0 radical (unpaired) electrons. The number of hydrogen-bond donors (Lipinski definition) is 8. The minimum Gasteiger partial charge on any atom is -0.508 e. The standard InChI is InChI=1S/C25H41N5O7/c1-4-14(2)20(25(36)37)29-24(35)21(15(3)31)30-23(34)19(13-16-8-10-17(32)11-9-16)28-22(33)18(27)7-5-6-12-26/h8-11,14-15,18-21,31-32H,4-7,12-13,26-27H2,1-3H3,(H,28,33)(H,29,35)(H,30,34)(H,36,37). The van der Waals surface area contributed by atoms with Crippen molar-refractivity contribution in [2.45, 2.75) is 83.1 Å². The van der Waals surface area contributed by atoms with E-state index >= 15 is 0 Å². The smallest absolute Gasteiger partial charge is 0.326 e. The molecule has 0 heterocycles. The van der Waals surface area contributed by atoms with Gasteiger partial charge in [0.25, 0.3) is 0 Å². The molecule has 0 spiro atoms. The SMILES string of the molecule is CCC(C)C(NC(=O)C(NC(=O)C(Cc1ccc(O)cc1)NC(=O)C(N)CCCCN)C(C)O)C(=O)O. The number of phenols is 1. The third-order valence-corrected chi connectivity index (χ3v) is 6.15. The molecule has 1 aromatic carbocycles. The van der Waals surface area contributed by atoms with Crippen molar-refractivity contribution in [2.75, 3.05) is 6.54 Å². The number of carboxylic acid groups (broad SMARTS) is 1. The molecule has 0 aliphatic rings. The Bertz CT molecular complexity index is 894. The van der Waals surface area contributed by atoms with Gasteiger partial charge in [-0.05, 0) is 49.9 Å². The number of aliphatic hydroxyl groups excluding tert-OH is 1. The van der Waals surface area contributed by atoms with Crippen LogP contribution in [0.25, 0.3) is 0 Å². The first-order valence-corrected chi connectivity index (χ1v) is 12.5. The number of unbranched alkanes of at least 4 members (excludes halogenated alkanes) is 1. The van der Waals surface area contributed by atoms with Crippen LogP contribution in [-0.2, 0) is 25.6 Å². The average molecular weight is 524 g/mol. The Morgan fingerprint density at radius 3 is 2.03 bits per heavy atom. The summed E-state index contributed by atoms with van der Waals surface area (Å²) in [4.78, 5) is 50.4. The number of benzene rings is 1. The van der Waals surface area contributed by atoms with Gasteiger partial charge in [-0.2, -0.15) is 0 Å². The highest BCUT2D eigenvalue weighted by Crippen LogP contribution is 2.13. The van der Waals surface area contributed by atoms with Crippen LogP contribution in [0.4, 0.5) is 0 Å². The molecule has 10 N–H and O–H groups in total. The van der Waals surface area contributed by atoms with Crippen molar-refractivity contribution in [3.05, 3.63) is 29.8 Å². The highest BCUT2D eigenvalue weighted by Gasteiger charge is 2.34. The Balaban J connectivity index is 3.09. The summed E-state index contributed by atoms with van der Waals surface area (Å²) in [6.45, 7) is 5.18. The summed E-state index contributed by atoms with van der Waals surface area (Å²) in [6.07, 6.45) is 0.810. The maximum Gasteiger partial charge on any atom is 0.326 e. The van der Waals surface area contributed by atoms with Crippen LogP contribution in [0, 0.1) is 5.92 Å². The monoisotopic (exact) mass is 523 g/mol. The Labute approximate surface area is 217 Å². The minimum absolute atomic E-state index is 0.00609. The number of hydrogen-bond acceptors (Lipinski definition) is 8. The van der Waals surface area contributed by atoms with Crippen LogP contribution in [0.15, 0.2) is 24.3 Å². The Kier molecular flexibility index (Phi) is 13.6. The molecule has 0 aliphatic carbocycles. The van der Waals surface area contributed by atoms with Crippen LogP contribution in [0.3, 0.4) is 0 Å². The lowest BCUT2D eigenvalue weighted by atomic mass is 9.98. The first-order chi connectivity index (χ1) is 17.4. The van der Waals surface area contributed by atoms with Crippen LogP contribution < -0.4 is 27.4 Å². The van der Waals surface area contributed by atoms with E-state index in [4.69, 9.17) is 11.5 Å². The first kappa shape index (κ1) is 31.8. The summed E-state index contributed by atoms with van der Waals surface area (Å²) in [5, 5.41) is 36.6. The lowest BCUT2D eigenvalue weighted by molar-refractivity contribution is -0.144. The minimum atomic E-state index is -1.48. The van der Waals surface area contributed by atoms with E-state index in [1.807, 2.05) is 0 Å². The number of amides is 3. The second kappa shape index (κ2) is 15.8. The Morgan fingerprint density at radius 1 is 0.919 bits per heavy atom.